The third-order valence-electron chi connectivity index (χ3n) is 2.33. The van der Waals surface area contributed by atoms with Crippen molar-refractivity contribution in [1.29, 1.82) is 0 Å². The molecule has 1 N–H and O–H groups in total. The summed E-state index contributed by atoms with van der Waals surface area (Å²) in [6, 6.07) is 0. The Kier molecular flexibility index (Phi) is 4.59. The molecule has 2 rings (SSSR count). The summed E-state index contributed by atoms with van der Waals surface area (Å²) in [5.74, 6) is 0.732. The minimum atomic E-state index is 0.508. The molecule has 0 aromatic carbocycles. The fourth-order valence-electron chi connectivity index (χ4n) is 1.51. The van der Waals surface area contributed by atoms with Gasteiger partial charge in [0.05, 0.1) is 19.8 Å². The molecule has 0 saturated carbocycles. The number of hydrogen-bond acceptors (Lipinski definition) is 6. The van der Waals surface area contributed by atoms with Crippen molar-refractivity contribution < 1.29 is 9.47 Å². The summed E-state index contributed by atoms with van der Waals surface area (Å²) < 4.78 is 12.6. The van der Waals surface area contributed by atoms with E-state index in [0.29, 0.717) is 24.5 Å². The maximum Gasteiger partial charge on any atom is 0.195 e. The number of thiazole rings is 1. The van der Waals surface area contributed by atoms with Crippen LogP contribution in [0.1, 0.15) is 5.01 Å². The third kappa shape index (κ3) is 2.83. The molecular formula is C10H14N4O2S2. The molecule has 2 aromatic rings. The molecule has 0 unspecified atom stereocenters. The molecule has 2 aromatic heterocycles. The Labute approximate surface area is 114 Å². The van der Waals surface area contributed by atoms with Crippen molar-refractivity contribution in [3.8, 4) is 11.5 Å². The fraction of sp³-hybridized carbons (Fsp3) is 0.500. The van der Waals surface area contributed by atoms with Crippen molar-refractivity contribution in [3.05, 3.63) is 15.2 Å². The minimum absolute atomic E-state index is 0.508. The molecule has 0 fully saturated rings. The lowest BCUT2D eigenvalue weighted by Crippen LogP contribution is -2.06. The fourth-order valence-corrected chi connectivity index (χ4v) is 2.47. The lowest BCUT2D eigenvalue weighted by molar-refractivity contribution is 0.184. The predicted molar refractivity (Wildman–Crippen MR) is 71.1 cm³/mol. The number of nitrogens with one attached hydrogen (secondary N) is 1. The van der Waals surface area contributed by atoms with Crippen molar-refractivity contribution >= 4 is 23.6 Å². The first-order valence-electron chi connectivity index (χ1n) is 5.34. The maximum absolute atomic E-state index is 5.18. The van der Waals surface area contributed by atoms with Gasteiger partial charge in [-0.05, 0) is 12.2 Å². The van der Waals surface area contributed by atoms with E-state index in [1.54, 1.807) is 25.6 Å². The molecule has 0 amide bonds. The van der Waals surface area contributed by atoms with E-state index in [9.17, 15) is 0 Å². The molecule has 0 aliphatic heterocycles. The van der Waals surface area contributed by atoms with Crippen LogP contribution in [0.3, 0.4) is 0 Å². The molecule has 0 spiro atoms. The number of ether oxygens (including phenoxy) is 2. The number of methoxy groups -OCH3 is 2. The summed E-state index contributed by atoms with van der Waals surface area (Å²) in [5.41, 5.74) is 0.801. The quantitative estimate of drug-likeness (QED) is 0.821. The van der Waals surface area contributed by atoms with Crippen LogP contribution in [0.4, 0.5) is 0 Å². The Hall–Kier alpha value is -1.09. The smallest absolute Gasteiger partial charge is 0.195 e. The Balaban J connectivity index is 2.28. The zero-order valence-corrected chi connectivity index (χ0v) is 11.8. The van der Waals surface area contributed by atoms with Gasteiger partial charge in [0.25, 0.3) is 0 Å². The number of H-pyrrole nitrogens is 1. The zero-order valence-electron chi connectivity index (χ0n) is 10.2. The van der Waals surface area contributed by atoms with Crippen LogP contribution >= 0.6 is 23.6 Å². The highest BCUT2D eigenvalue weighted by atomic mass is 32.1. The summed E-state index contributed by atoms with van der Waals surface area (Å²) >= 11 is 6.73. The second-order valence-electron chi connectivity index (χ2n) is 3.56. The summed E-state index contributed by atoms with van der Waals surface area (Å²) in [5, 5.41) is 9.85. The first kappa shape index (κ1) is 13.3. The average molecular weight is 286 g/mol. The summed E-state index contributed by atoms with van der Waals surface area (Å²) in [7, 11) is 3.30. The van der Waals surface area contributed by atoms with E-state index in [0.717, 1.165) is 16.5 Å². The van der Waals surface area contributed by atoms with Crippen LogP contribution in [-0.2, 0) is 22.6 Å². The van der Waals surface area contributed by atoms with E-state index in [1.807, 2.05) is 9.95 Å². The molecule has 2 heterocycles. The highest BCUT2D eigenvalue weighted by Gasteiger charge is 2.12. The summed E-state index contributed by atoms with van der Waals surface area (Å²) in [4.78, 5) is 4.46. The maximum atomic E-state index is 5.18. The van der Waals surface area contributed by atoms with Crippen LogP contribution in [0.25, 0.3) is 11.5 Å². The molecule has 18 heavy (non-hydrogen) atoms. The van der Waals surface area contributed by atoms with Gasteiger partial charge in [-0.15, -0.1) is 11.3 Å². The number of aromatic amines is 1. The monoisotopic (exact) mass is 286 g/mol. The van der Waals surface area contributed by atoms with Crippen molar-refractivity contribution in [2.24, 2.45) is 0 Å². The van der Waals surface area contributed by atoms with Gasteiger partial charge in [0.15, 0.2) is 10.6 Å². The van der Waals surface area contributed by atoms with E-state index >= 15 is 0 Å². The second kappa shape index (κ2) is 6.19. The minimum Gasteiger partial charge on any atom is -0.383 e. The molecule has 98 valence electrons. The predicted octanol–water partition coefficient (Wildman–Crippen LogP) is 1.86. The molecule has 6 nitrogen and oxygen atoms in total. The standard InChI is InChI=1S/C10H14N4O2S2/c1-15-4-3-14-9(12-13-10(14)17)7-6-18-8(11-7)5-16-2/h6H,3-5H2,1-2H3,(H,13,17). The molecule has 0 saturated heterocycles. The molecule has 0 radical (unpaired) electrons. The van der Waals surface area contributed by atoms with Gasteiger partial charge in [0.1, 0.15) is 10.7 Å². The Morgan fingerprint density at radius 1 is 1.44 bits per heavy atom. The van der Waals surface area contributed by atoms with Gasteiger partial charge >= 0.3 is 0 Å². The van der Waals surface area contributed by atoms with Crippen LogP contribution in [0.2, 0.25) is 0 Å². The van der Waals surface area contributed by atoms with E-state index < -0.39 is 0 Å². The molecular weight excluding hydrogens is 272 g/mol. The molecule has 0 atom stereocenters. The van der Waals surface area contributed by atoms with Crippen molar-refractivity contribution in [3.63, 3.8) is 0 Å². The van der Waals surface area contributed by atoms with Gasteiger partial charge in [-0.25, -0.2) is 4.98 Å². The number of aromatic nitrogens is 4. The third-order valence-corrected chi connectivity index (χ3v) is 3.46. The lowest BCUT2D eigenvalue weighted by atomic mass is 10.4. The van der Waals surface area contributed by atoms with E-state index in [2.05, 4.69) is 15.2 Å². The largest absolute Gasteiger partial charge is 0.383 e. The van der Waals surface area contributed by atoms with Crippen molar-refractivity contribution in [1.82, 2.24) is 19.7 Å². The van der Waals surface area contributed by atoms with Crippen LogP contribution in [0.5, 0.6) is 0 Å². The van der Waals surface area contributed by atoms with Crippen molar-refractivity contribution in [2.75, 3.05) is 20.8 Å². The SMILES string of the molecule is COCCn1c(-c2csc(COC)n2)n[nH]c1=S. The zero-order chi connectivity index (χ0) is 13.0. The molecule has 8 heteroatoms. The van der Waals surface area contributed by atoms with Gasteiger partial charge in [-0.3, -0.25) is 9.67 Å². The Bertz CT molecular complexity index is 560. The first-order valence-corrected chi connectivity index (χ1v) is 6.63. The first-order chi connectivity index (χ1) is 8.76. The highest BCUT2D eigenvalue weighted by molar-refractivity contribution is 7.71. The van der Waals surface area contributed by atoms with E-state index in [4.69, 9.17) is 21.7 Å². The van der Waals surface area contributed by atoms with Crippen LogP contribution in [0.15, 0.2) is 5.38 Å². The highest BCUT2D eigenvalue weighted by Crippen LogP contribution is 2.20. The van der Waals surface area contributed by atoms with Gasteiger partial charge in [-0.2, -0.15) is 5.10 Å². The van der Waals surface area contributed by atoms with Gasteiger partial charge in [0, 0.05) is 19.6 Å². The van der Waals surface area contributed by atoms with Crippen molar-refractivity contribution in [2.45, 2.75) is 13.2 Å². The van der Waals surface area contributed by atoms with E-state index in [1.165, 1.54) is 0 Å². The summed E-state index contributed by atoms with van der Waals surface area (Å²) in [6.07, 6.45) is 0. The summed E-state index contributed by atoms with van der Waals surface area (Å²) in [6.45, 7) is 1.74. The molecule has 0 aliphatic carbocycles. The normalized spacial score (nSPS) is 11.0. The van der Waals surface area contributed by atoms with Gasteiger partial charge in [-0.1, -0.05) is 0 Å². The molecule has 0 aliphatic rings. The van der Waals surface area contributed by atoms with Gasteiger partial charge in [0.2, 0.25) is 0 Å². The number of rotatable bonds is 6. The molecule has 0 bridgehead atoms. The van der Waals surface area contributed by atoms with E-state index in [-0.39, 0.29) is 0 Å². The second-order valence-corrected chi connectivity index (χ2v) is 4.89. The topological polar surface area (TPSA) is 65.0 Å². The number of hydrogen-bond donors (Lipinski definition) is 1. The number of nitrogens with zero attached hydrogens (tertiary/aromatic N) is 3. The Morgan fingerprint density at radius 2 is 2.28 bits per heavy atom. The Morgan fingerprint density at radius 3 is 3.00 bits per heavy atom. The average Bonchev–Trinajstić information content (AvgIpc) is 2.94. The lowest BCUT2D eigenvalue weighted by Gasteiger charge is -2.03. The van der Waals surface area contributed by atoms with Crippen LogP contribution in [-0.4, -0.2) is 40.6 Å². The van der Waals surface area contributed by atoms with Crippen LogP contribution in [0, 0.1) is 4.77 Å². The van der Waals surface area contributed by atoms with Crippen LogP contribution < -0.4 is 0 Å². The van der Waals surface area contributed by atoms with Gasteiger partial charge < -0.3 is 9.47 Å².